The zero-order valence-electron chi connectivity index (χ0n) is 6.83. The van der Waals surface area contributed by atoms with E-state index >= 15 is 0 Å². The van der Waals surface area contributed by atoms with Crippen molar-refractivity contribution in [2.24, 2.45) is 0 Å². The summed E-state index contributed by atoms with van der Waals surface area (Å²) in [5, 5.41) is 2.89. The van der Waals surface area contributed by atoms with Gasteiger partial charge in [0, 0.05) is 10.9 Å². The monoisotopic (exact) mass is 182 g/mol. The van der Waals surface area contributed by atoms with Crippen LogP contribution in [0.3, 0.4) is 0 Å². The van der Waals surface area contributed by atoms with Crippen molar-refractivity contribution in [2.75, 3.05) is 0 Å². The van der Waals surface area contributed by atoms with Gasteiger partial charge >= 0.3 is 0 Å². The number of aromatic nitrogens is 1. The summed E-state index contributed by atoms with van der Waals surface area (Å²) in [5.41, 5.74) is 0.560. The summed E-state index contributed by atoms with van der Waals surface area (Å²) in [5.74, 6) is -0.0261. The normalized spacial score (nSPS) is 16.1. The van der Waals surface area contributed by atoms with Crippen LogP contribution in [-0.4, -0.2) is 16.3 Å². The van der Waals surface area contributed by atoms with Gasteiger partial charge in [-0.3, -0.25) is 4.79 Å². The molecule has 1 aromatic rings. The Hall–Kier alpha value is -0.900. The summed E-state index contributed by atoms with van der Waals surface area (Å²) in [6.45, 7) is 1.95. The average molecular weight is 182 g/mol. The van der Waals surface area contributed by atoms with E-state index in [0.29, 0.717) is 11.7 Å². The Bertz CT molecular complexity index is 304. The molecule has 1 heterocycles. The van der Waals surface area contributed by atoms with Crippen LogP contribution in [-0.2, 0) is 0 Å². The van der Waals surface area contributed by atoms with E-state index in [0.717, 1.165) is 17.7 Å². The molecule has 1 aromatic heterocycles. The number of carbonyl (C=O) groups excluding carboxylic acids is 1. The quantitative estimate of drug-likeness (QED) is 0.750. The van der Waals surface area contributed by atoms with E-state index in [1.54, 1.807) is 0 Å². The molecule has 1 aliphatic rings. The van der Waals surface area contributed by atoms with Crippen LogP contribution in [0.15, 0.2) is 6.07 Å². The third-order valence-electron chi connectivity index (χ3n) is 1.77. The molecule has 0 aromatic carbocycles. The van der Waals surface area contributed by atoms with Gasteiger partial charge in [0.05, 0.1) is 0 Å². The van der Waals surface area contributed by atoms with E-state index in [-0.39, 0.29) is 5.91 Å². The molecule has 0 atom stereocenters. The van der Waals surface area contributed by atoms with Gasteiger partial charge in [-0.1, -0.05) is 0 Å². The summed E-state index contributed by atoms with van der Waals surface area (Å²) < 4.78 is 4.03. The van der Waals surface area contributed by atoms with Crippen molar-refractivity contribution >= 4 is 17.4 Å². The minimum Gasteiger partial charge on any atom is -0.348 e. The van der Waals surface area contributed by atoms with Gasteiger partial charge in [0.15, 0.2) is 0 Å². The summed E-state index contributed by atoms with van der Waals surface area (Å²) in [6.07, 6.45) is 2.24. The number of nitrogens with zero attached hydrogens (tertiary/aromatic N) is 1. The molecule has 0 radical (unpaired) electrons. The zero-order chi connectivity index (χ0) is 8.55. The Morgan fingerprint density at radius 2 is 2.50 bits per heavy atom. The molecule has 1 saturated carbocycles. The molecule has 3 nitrogen and oxygen atoms in total. The van der Waals surface area contributed by atoms with Crippen LogP contribution in [0.5, 0.6) is 0 Å². The number of hydrogen-bond acceptors (Lipinski definition) is 3. The molecule has 0 spiro atoms. The maximum Gasteiger partial charge on any atom is 0.271 e. The molecular formula is C8H10N2OS. The molecule has 1 fully saturated rings. The van der Waals surface area contributed by atoms with Gasteiger partial charge in [-0.25, -0.2) is 0 Å². The fourth-order valence-corrected chi connectivity index (χ4v) is 1.50. The van der Waals surface area contributed by atoms with Crippen LogP contribution < -0.4 is 5.32 Å². The Labute approximate surface area is 75.0 Å². The number of nitrogens with one attached hydrogen (secondary N) is 1. The molecule has 1 aliphatic carbocycles. The topological polar surface area (TPSA) is 42.0 Å². The maximum atomic E-state index is 11.3. The number of rotatable bonds is 2. The van der Waals surface area contributed by atoms with Crippen LogP contribution >= 0.6 is 11.5 Å². The second-order valence-corrected chi connectivity index (χ2v) is 4.08. The predicted molar refractivity (Wildman–Crippen MR) is 47.3 cm³/mol. The lowest BCUT2D eigenvalue weighted by Crippen LogP contribution is -2.25. The molecule has 12 heavy (non-hydrogen) atoms. The number of hydrogen-bond donors (Lipinski definition) is 1. The minimum absolute atomic E-state index is 0.0261. The summed E-state index contributed by atoms with van der Waals surface area (Å²) in [7, 11) is 0. The van der Waals surface area contributed by atoms with Crippen molar-refractivity contribution in [3.8, 4) is 0 Å². The fourth-order valence-electron chi connectivity index (χ4n) is 0.960. The third kappa shape index (κ3) is 1.64. The van der Waals surface area contributed by atoms with E-state index in [4.69, 9.17) is 0 Å². The highest BCUT2D eigenvalue weighted by Crippen LogP contribution is 2.19. The Morgan fingerprint density at radius 3 is 3.00 bits per heavy atom. The van der Waals surface area contributed by atoms with Gasteiger partial charge < -0.3 is 5.32 Å². The molecule has 1 amide bonds. The van der Waals surface area contributed by atoms with Crippen LogP contribution in [0.4, 0.5) is 0 Å². The third-order valence-corrected chi connectivity index (χ3v) is 2.47. The Morgan fingerprint density at radius 1 is 1.75 bits per heavy atom. The van der Waals surface area contributed by atoms with Crippen LogP contribution in [0, 0.1) is 6.92 Å². The van der Waals surface area contributed by atoms with Crippen molar-refractivity contribution in [3.63, 3.8) is 0 Å². The minimum atomic E-state index is -0.0261. The fraction of sp³-hybridized carbons (Fsp3) is 0.500. The second kappa shape index (κ2) is 2.86. The predicted octanol–water partition coefficient (Wildman–Crippen LogP) is 1.34. The number of amides is 1. The van der Waals surface area contributed by atoms with Gasteiger partial charge in [-0.05, 0) is 37.4 Å². The summed E-state index contributed by atoms with van der Waals surface area (Å²) >= 11 is 1.37. The molecule has 64 valence electrons. The van der Waals surface area contributed by atoms with Gasteiger partial charge in [0.25, 0.3) is 5.91 Å². The first-order valence-corrected chi connectivity index (χ1v) is 4.77. The van der Waals surface area contributed by atoms with Crippen molar-refractivity contribution in [1.82, 2.24) is 9.69 Å². The second-order valence-electron chi connectivity index (χ2n) is 3.07. The van der Waals surface area contributed by atoms with Crippen molar-refractivity contribution in [3.05, 3.63) is 16.6 Å². The molecule has 2 rings (SSSR count). The van der Waals surface area contributed by atoms with Crippen LogP contribution in [0.1, 0.15) is 28.2 Å². The van der Waals surface area contributed by atoms with E-state index in [1.807, 2.05) is 13.0 Å². The Kier molecular flexibility index (Phi) is 1.84. The van der Waals surface area contributed by atoms with Crippen molar-refractivity contribution in [2.45, 2.75) is 25.8 Å². The Balaban J connectivity index is 2.03. The molecule has 0 aliphatic heterocycles. The first-order valence-electron chi connectivity index (χ1n) is 4.00. The molecular weight excluding hydrogens is 172 g/mol. The van der Waals surface area contributed by atoms with Crippen LogP contribution in [0.25, 0.3) is 0 Å². The van der Waals surface area contributed by atoms with Gasteiger partial charge in [0.1, 0.15) is 5.69 Å². The lowest BCUT2D eigenvalue weighted by atomic mass is 10.3. The summed E-state index contributed by atoms with van der Waals surface area (Å²) in [4.78, 5) is 12.4. The van der Waals surface area contributed by atoms with E-state index < -0.39 is 0 Å². The highest BCUT2D eigenvalue weighted by atomic mass is 32.1. The van der Waals surface area contributed by atoms with Gasteiger partial charge in [0.2, 0.25) is 0 Å². The lowest BCUT2D eigenvalue weighted by Gasteiger charge is -1.97. The number of aryl methyl sites for hydroxylation is 1. The molecule has 0 bridgehead atoms. The molecule has 0 unspecified atom stereocenters. The van der Waals surface area contributed by atoms with Crippen molar-refractivity contribution < 1.29 is 4.79 Å². The van der Waals surface area contributed by atoms with E-state index in [1.165, 1.54) is 11.5 Å². The lowest BCUT2D eigenvalue weighted by molar-refractivity contribution is 0.0947. The summed E-state index contributed by atoms with van der Waals surface area (Å²) in [6, 6.07) is 2.24. The SMILES string of the molecule is Cc1cc(C(=O)NC2CC2)ns1. The van der Waals surface area contributed by atoms with E-state index in [2.05, 4.69) is 9.69 Å². The zero-order valence-corrected chi connectivity index (χ0v) is 7.65. The maximum absolute atomic E-state index is 11.3. The average Bonchev–Trinajstić information content (AvgIpc) is 2.72. The largest absolute Gasteiger partial charge is 0.348 e. The highest BCUT2D eigenvalue weighted by Gasteiger charge is 2.24. The number of carbonyl (C=O) groups is 1. The molecule has 4 heteroatoms. The van der Waals surface area contributed by atoms with Gasteiger partial charge in [-0.15, -0.1) is 0 Å². The first kappa shape index (κ1) is 7.73. The van der Waals surface area contributed by atoms with Gasteiger partial charge in [-0.2, -0.15) is 4.37 Å². The highest BCUT2D eigenvalue weighted by molar-refractivity contribution is 7.05. The standard InChI is InChI=1S/C8H10N2OS/c1-5-4-7(10-12-5)8(11)9-6-2-3-6/h4,6H,2-3H2,1H3,(H,9,11). The van der Waals surface area contributed by atoms with E-state index in [9.17, 15) is 4.79 Å². The molecule has 1 N–H and O–H groups in total. The van der Waals surface area contributed by atoms with Crippen molar-refractivity contribution in [1.29, 1.82) is 0 Å². The molecule has 0 saturated heterocycles. The van der Waals surface area contributed by atoms with Crippen LogP contribution in [0.2, 0.25) is 0 Å². The first-order chi connectivity index (χ1) is 5.75. The smallest absolute Gasteiger partial charge is 0.271 e.